The van der Waals surface area contributed by atoms with Crippen LogP contribution in [0.5, 0.6) is 0 Å². The van der Waals surface area contributed by atoms with E-state index in [9.17, 15) is 0 Å². The maximum atomic E-state index is 4.80. The van der Waals surface area contributed by atoms with Crippen LogP contribution in [-0.2, 0) is 5.41 Å². The van der Waals surface area contributed by atoms with Gasteiger partial charge in [-0.05, 0) is 163 Å². The average molecular weight is 978 g/mol. The van der Waals surface area contributed by atoms with Crippen molar-refractivity contribution in [2.24, 2.45) is 0 Å². The Morgan fingerprint density at radius 3 is 0.987 bits per heavy atom. The molecule has 0 amide bonds. The maximum Gasteiger partial charge on any atom is 0.164 e. The molecule has 0 radical (unpaired) electrons. The van der Waals surface area contributed by atoms with E-state index in [1.807, 2.05) is 36.4 Å². The van der Waals surface area contributed by atoms with Gasteiger partial charge >= 0.3 is 0 Å². The smallest absolute Gasteiger partial charge is 0.164 e. The summed E-state index contributed by atoms with van der Waals surface area (Å²) in [5.74, 6) is 2.10. The number of nitrogens with zero attached hydrogens (tertiary/aromatic N) is 5. The van der Waals surface area contributed by atoms with E-state index in [4.69, 9.17) is 15.0 Å². The lowest BCUT2D eigenvalue weighted by Crippen LogP contribution is -2.30. The molecular formula is C70H67N5. The van der Waals surface area contributed by atoms with Crippen LogP contribution < -0.4 is 9.80 Å². The largest absolute Gasteiger partial charge is 0.311 e. The molecular weight excluding hydrogens is 911 g/mol. The van der Waals surface area contributed by atoms with Gasteiger partial charge in [0.2, 0.25) is 0 Å². The molecule has 0 saturated heterocycles. The molecule has 1 heterocycles. The van der Waals surface area contributed by atoms with Gasteiger partial charge in [-0.1, -0.05) is 186 Å². The molecule has 5 nitrogen and oxygen atoms in total. The number of aromatic nitrogens is 3. The summed E-state index contributed by atoms with van der Waals surface area (Å²) in [5.41, 5.74) is 21.5. The van der Waals surface area contributed by atoms with Gasteiger partial charge in [0.25, 0.3) is 0 Å². The minimum absolute atomic E-state index is 0.00636. The van der Waals surface area contributed by atoms with Crippen LogP contribution in [0.15, 0.2) is 218 Å². The van der Waals surface area contributed by atoms with Gasteiger partial charge in [-0.2, -0.15) is 0 Å². The van der Waals surface area contributed by atoms with Crippen LogP contribution in [0.2, 0.25) is 0 Å². The first-order valence-corrected chi connectivity index (χ1v) is 26.5. The summed E-state index contributed by atoms with van der Waals surface area (Å²) in [4.78, 5) is 19.1. The Balaban J connectivity index is 0.000000200. The number of anilines is 6. The summed E-state index contributed by atoms with van der Waals surface area (Å²) in [6.45, 7) is 14.8. The number of hydrogen-bond acceptors (Lipinski definition) is 5. The molecule has 5 heteroatoms. The fourth-order valence-corrected chi connectivity index (χ4v) is 10.6. The summed E-state index contributed by atoms with van der Waals surface area (Å²) in [6.07, 6.45) is 6.15. The first kappa shape index (κ1) is 50.1. The highest BCUT2D eigenvalue weighted by molar-refractivity contribution is 5.79. The zero-order valence-electron chi connectivity index (χ0n) is 44.6. The van der Waals surface area contributed by atoms with E-state index in [2.05, 4.69) is 240 Å². The van der Waals surface area contributed by atoms with Crippen LogP contribution in [0.3, 0.4) is 0 Å². The summed E-state index contributed by atoms with van der Waals surface area (Å²) >= 11 is 0. The highest BCUT2D eigenvalue weighted by Crippen LogP contribution is 2.47. The minimum atomic E-state index is 0.00636. The lowest BCUT2D eigenvalue weighted by Gasteiger charge is -2.39. The molecule has 1 aromatic heterocycles. The first-order chi connectivity index (χ1) is 36.5. The molecule has 0 aliphatic heterocycles. The molecule has 10 aromatic rings. The average Bonchev–Trinajstić information content (AvgIpc) is 3.44. The summed E-state index contributed by atoms with van der Waals surface area (Å²) in [6, 6.07) is 79.0. The van der Waals surface area contributed by atoms with Crippen molar-refractivity contribution in [1.29, 1.82) is 0 Å². The van der Waals surface area contributed by atoms with Gasteiger partial charge in [-0.3, -0.25) is 0 Å². The van der Waals surface area contributed by atoms with Crippen molar-refractivity contribution in [2.75, 3.05) is 9.80 Å². The van der Waals surface area contributed by atoms with Crippen molar-refractivity contribution in [2.45, 2.75) is 86.0 Å². The zero-order valence-corrected chi connectivity index (χ0v) is 44.6. The Morgan fingerprint density at radius 2 is 0.640 bits per heavy atom. The molecule has 372 valence electrons. The van der Waals surface area contributed by atoms with Crippen LogP contribution in [-0.4, -0.2) is 15.0 Å². The Hall–Kier alpha value is -8.41. The number of rotatable bonds is 11. The van der Waals surface area contributed by atoms with Crippen molar-refractivity contribution in [3.63, 3.8) is 0 Å². The SMILES string of the molecule is Cc1ccc(N(c2ccc(C)cc2)c2ccc(C3(c4ccc(N(c5ccc(C)cc5)c5ccc(C)cc5)cc4)CCCCC3)cc2)cc1.Cc1cccc(-c2nc(-c3cccc(C)c3)nc(-c3ccccc3C)n2)c1. The second-order valence-corrected chi connectivity index (χ2v) is 20.6. The minimum Gasteiger partial charge on any atom is -0.311 e. The molecule has 0 N–H and O–H groups in total. The molecule has 9 aromatic carbocycles. The van der Waals surface area contributed by atoms with Crippen molar-refractivity contribution >= 4 is 34.1 Å². The Kier molecular flexibility index (Phi) is 15.0. The van der Waals surface area contributed by atoms with Gasteiger partial charge in [0.15, 0.2) is 17.5 Å². The summed E-state index contributed by atoms with van der Waals surface area (Å²) in [5, 5.41) is 0. The number of hydrogen-bond donors (Lipinski definition) is 0. The maximum absolute atomic E-state index is 4.80. The number of aryl methyl sites for hydroxylation is 7. The molecule has 0 spiro atoms. The van der Waals surface area contributed by atoms with E-state index in [-0.39, 0.29) is 5.41 Å². The third-order valence-corrected chi connectivity index (χ3v) is 14.8. The second-order valence-electron chi connectivity index (χ2n) is 20.6. The third kappa shape index (κ3) is 11.4. The molecule has 0 bridgehead atoms. The van der Waals surface area contributed by atoms with Crippen LogP contribution >= 0.6 is 0 Å². The van der Waals surface area contributed by atoms with E-state index < -0.39 is 0 Å². The van der Waals surface area contributed by atoms with Crippen LogP contribution in [0, 0.1) is 48.5 Å². The van der Waals surface area contributed by atoms with Crippen molar-refractivity contribution in [1.82, 2.24) is 15.0 Å². The highest BCUT2D eigenvalue weighted by atomic mass is 15.1. The summed E-state index contributed by atoms with van der Waals surface area (Å²) < 4.78 is 0. The molecule has 1 aliphatic rings. The third-order valence-electron chi connectivity index (χ3n) is 14.8. The Bertz CT molecular complexity index is 3210. The van der Waals surface area contributed by atoms with Gasteiger partial charge in [0, 0.05) is 56.2 Å². The standard InChI is InChI=1S/C46H46N2.C24H21N3/c1-34-8-20-40(21-9-34)47(41-22-10-35(2)11-23-41)44-28-16-38(17-29-44)46(32-6-5-7-33-46)39-18-30-45(31-19-39)48(42-24-12-36(3)13-25-42)43-26-14-37(4)15-27-43;1-16-8-6-11-19(14-16)22-25-23(20-12-7-9-17(2)15-20)27-24(26-22)21-13-5-4-10-18(21)3/h8-31H,5-7,32-33H2,1-4H3;4-15H,1-3H3. The lowest BCUT2D eigenvalue weighted by atomic mass is 9.65. The second kappa shape index (κ2) is 22.4. The van der Waals surface area contributed by atoms with Crippen molar-refractivity contribution in [3.05, 3.63) is 268 Å². The van der Waals surface area contributed by atoms with Crippen LogP contribution in [0.1, 0.15) is 82.2 Å². The number of benzene rings is 9. The van der Waals surface area contributed by atoms with E-state index >= 15 is 0 Å². The monoisotopic (exact) mass is 978 g/mol. The highest BCUT2D eigenvalue weighted by Gasteiger charge is 2.36. The van der Waals surface area contributed by atoms with Gasteiger partial charge < -0.3 is 9.80 Å². The quantitative estimate of drug-likeness (QED) is 0.129. The predicted molar refractivity (Wildman–Crippen MR) is 315 cm³/mol. The van der Waals surface area contributed by atoms with Crippen molar-refractivity contribution in [3.8, 4) is 34.2 Å². The zero-order chi connectivity index (χ0) is 51.9. The molecule has 11 rings (SSSR count). The van der Waals surface area contributed by atoms with Gasteiger partial charge in [-0.15, -0.1) is 0 Å². The van der Waals surface area contributed by atoms with Gasteiger partial charge in [0.05, 0.1) is 0 Å². The van der Waals surface area contributed by atoms with E-state index in [0.717, 1.165) is 22.3 Å². The van der Waals surface area contributed by atoms with Gasteiger partial charge in [0.1, 0.15) is 0 Å². The first-order valence-electron chi connectivity index (χ1n) is 26.5. The molecule has 1 aliphatic carbocycles. The Labute approximate surface area is 445 Å². The molecule has 75 heavy (non-hydrogen) atoms. The van der Waals surface area contributed by atoms with E-state index in [1.54, 1.807) is 0 Å². The molecule has 1 fully saturated rings. The normalized spacial score (nSPS) is 12.8. The molecule has 0 atom stereocenters. The predicted octanol–water partition coefficient (Wildman–Crippen LogP) is 18.9. The molecule has 0 unspecified atom stereocenters. The fraction of sp³-hybridized carbons (Fsp3) is 0.186. The van der Waals surface area contributed by atoms with E-state index in [0.29, 0.717) is 17.5 Å². The van der Waals surface area contributed by atoms with Crippen LogP contribution in [0.4, 0.5) is 34.1 Å². The van der Waals surface area contributed by atoms with Crippen molar-refractivity contribution < 1.29 is 0 Å². The van der Waals surface area contributed by atoms with E-state index in [1.165, 1.54) is 111 Å². The lowest BCUT2D eigenvalue weighted by molar-refractivity contribution is 0.346. The van der Waals surface area contributed by atoms with Crippen LogP contribution in [0.25, 0.3) is 34.2 Å². The van der Waals surface area contributed by atoms with Gasteiger partial charge in [-0.25, -0.2) is 15.0 Å². The summed E-state index contributed by atoms with van der Waals surface area (Å²) in [7, 11) is 0. The molecule has 1 saturated carbocycles. The topological polar surface area (TPSA) is 45.2 Å². The fourth-order valence-electron chi connectivity index (χ4n) is 10.6. The Morgan fingerprint density at radius 1 is 0.307 bits per heavy atom.